The lowest BCUT2D eigenvalue weighted by atomic mass is 9.75. The minimum Gasteiger partial charge on any atom is -0.508 e. The van der Waals surface area contributed by atoms with Crippen molar-refractivity contribution in [2.24, 2.45) is 5.41 Å². The Balaban J connectivity index is 1.95. The maximum Gasteiger partial charge on any atom is 0.251 e. The Morgan fingerprint density at radius 2 is 2.05 bits per heavy atom. The number of aromatic hydroxyl groups is 1. The molecule has 2 rings (SSSR count). The molecule has 2 N–H and O–H groups in total. The highest BCUT2D eigenvalue weighted by Gasteiger charge is 2.31. The molecular formula is C15H20BrNO2. The number of amides is 1. The lowest BCUT2D eigenvalue weighted by Gasteiger charge is -2.35. The summed E-state index contributed by atoms with van der Waals surface area (Å²) in [6, 6.07) is 6.47. The zero-order chi connectivity index (χ0) is 13.7. The van der Waals surface area contributed by atoms with Crippen molar-refractivity contribution in [3.05, 3.63) is 29.8 Å². The highest BCUT2D eigenvalue weighted by atomic mass is 79.9. The Morgan fingerprint density at radius 3 is 2.68 bits per heavy atom. The van der Waals surface area contributed by atoms with Gasteiger partial charge in [0.25, 0.3) is 5.91 Å². The number of phenols is 1. The van der Waals surface area contributed by atoms with Gasteiger partial charge in [0.2, 0.25) is 0 Å². The van der Waals surface area contributed by atoms with Crippen molar-refractivity contribution in [2.45, 2.75) is 32.1 Å². The van der Waals surface area contributed by atoms with E-state index in [1.54, 1.807) is 18.2 Å². The molecule has 104 valence electrons. The summed E-state index contributed by atoms with van der Waals surface area (Å²) >= 11 is 3.59. The predicted molar refractivity (Wildman–Crippen MR) is 79.8 cm³/mol. The normalized spacial score (nSPS) is 17.9. The van der Waals surface area contributed by atoms with Gasteiger partial charge in [-0.05, 0) is 36.5 Å². The van der Waals surface area contributed by atoms with Crippen LogP contribution in [-0.4, -0.2) is 22.9 Å². The standard InChI is InChI=1S/C15H20BrNO2/c16-10-15(7-2-1-3-8-15)11-17-14(19)12-5-4-6-13(18)9-12/h4-6,9,18H,1-3,7-8,10-11H2,(H,17,19). The van der Waals surface area contributed by atoms with Crippen molar-refractivity contribution < 1.29 is 9.90 Å². The van der Waals surface area contributed by atoms with Crippen LogP contribution in [0.25, 0.3) is 0 Å². The second-order valence-electron chi connectivity index (χ2n) is 5.43. The zero-order valence-electron chi connectivity index (χ0n) is 11.0. The fourth-order valence-corrected chi connectivity index (χ4v) is 3.44. The van der Waals surface area contributed by atoms with Gasteiger partial charge >= 0.3 is 0 Å². The van der Waals surface area contributed by atoms with Gasteiger partial charge in [-0.3, -0.25) is 4.79 Å². The molecule has 1 aliphatic rings. The number of carbonyl (C=O) groups excluding carboxylic acids is 1. The quantitative estimate of drug-likeness (QED) is 0.833. The molecule has 0 atom stereocenters. The molecule has 1 saturated carbocycles. The van der Waals surface area contributed by atoms with E-state index in [4.69, 9.17) is 0 Å². The molecule has 1 aromatic rings. The molecule has 0 saturated heterocycles. The first-order chi connectivity index (χ1) is 9.15. The summed E-state index contributed by atoms with van der Waals surface area (Å²) in [6.07, 6.45) is 6.12. The van der Waals surface area contributed by atoms with Crippen LogP contribution in [-0.2, 0) is 0 Å². The summed E-state index contributed by atoms with van der Waals surface area (Å²) < 4.78 is 0. The number of benzene rings is 1. The van der Waals surface area contributed by atoms with Crippen molar-refractivity contribution in [3.63, 3.8) is 0 Å². The fraction of sp³-hybridized carbons (Fsp3) is 0.533. The number of alkyl halides is 1. The molecule has 0 bridgehead atoms. The third-order valence-electron chi connectivity index (χ3n) is 3.93. The average molecular weight is 326 g/mol. The largest absolute Gasteiger partial charge is 0.508 e. The molecule has 1 amide bonds. The van der Waals surface area contributed by atoms with Gasteiger partial charge in [0.15, 0.2) is 0 Å². The predicted octanol–water partition coefficient (Wildman–Crippen LogP) is 3.47. The Hall–Kier alpha value is -1.03. The molecule has 0 aromatic heterocycles. The minimum absolute atomic E-state index is 0.109. The summed E-state index contributed by atoms with van der Waals surface area (Å²) in [4.78, 5) is 12.1. The summed E-state index contributed by atoms with van der Waals surface area (Å²) in [6.45, 7) is 0.701. The van der Waals surface area contributed by atoms with Crippen LogP contribution in [0.4, 0.5) is 0 Å². The van der Waals surface area contributed by atoms with Crippen molar-refractivity contribution in [2.75, 3.05) is 11.9 Å². The number of nitrogens with one attached hydrogen (secondary N) is 1. The van der Waals surface area contributed by atoms with Gasteiger partial charge in [0.1, 0.15) is 5.75 Å². The van der Waals surface area contributed by atoms with E-state index in [1.165, 1.54) is 38.2 Å². The van der Waals surface area contributed by atoms with Gasteiger partial charge in [-0.2, -0.15) is 0 Å². The van der Waals surface area contributed by atoms with E-state index >= 15 is 0 Å². The second kappa shape index (κ2) is 6.42. The third kappa shape index (κ3) is 3.72. The molecular weight excluding hydrogens is 306 g/mol. The van der Waals surface area contributed by atoms with Crippen molar-refractivity contribution in [1.82, 2.24) is 5.32 Å². The Labute approximate surface area is 122 Å². The number of halogens is 1. The second-order valence-corrected chi connectivity index (χ2v) is 5.99. The van der Waals surface area contributed by atoms with Crippen LogP contribution in [0.1, 0.15) is 42.5 Å². The highest BCUT2D eigenvalue weighted by Crippen LogP contribution is 2.37. The third-order valence-corrected chi connectivity index (χ3v) is 5.12. The van der Waals surface area contributed by atoms with Gasteiger partial charge in [-0.15, -0.1) is 0 Å². The van der Waals surface area contributed by atoms with Gasteiger partial charge in [-0.25, -0.2) is 0 Å². The van der Waals surface area contributed by atoms with Crippen LogP contribution in [0.3, 0.4) is 0 Å². The molecule has 19 heavy (non-hydrogen) atoms. The number of rotatable bonds is 4. The molecule has 3 nitrogen and oxygen atoms in total. The van der Waals surface area contributed by atoms with E-state index in [0.29, 0.717) is 12.1 Å². The number of hydrogen-bond acceptors (Lipinski definition) is 2. The number of carbonyl (C=O) groups is 1. The van der Waals surface area contributed by atoms with Crippen LogP contribution in [0.15, 0.2) is 24.3 Å². The molecule has 0 aliphatic heterocycles. The van der Waals surface area contributed by atoms with E-state index in [-0.39, 0.29) is 17.1 Å². The molecule has 1 aliphatic carbocycles. The Kier molecular flexibility index (Phi) is 4.86. The molecule has 0 radical (unpaired) electrons. The van der Waals surface area contributed by atoms with Crippen LogP contribution in [0, 0.1) is 5.41 Å². The van der Waals surface area contributed by atoms with Gasteiger partial charge in [-0.1, -0.05) is 41.3 Å². The van der Waals surface area contributed by atoms with E-state index in [1.807, 2.05) is 0 Å². The van der Waals surface area contributed by atoms with E-state index in [2.05, 4.69) is 21.2 Å². The SMILES string of the molecule is O=C(NCC1(CBr)CCCCC1)c1cccc(O)c1. The Bertz CT molecular complexity index is 442. The number of hydrogen-bond donors (Lipinski definition) is 2. The summed E-state index contributed by atoms with van der Waals surface area (Å²) in [5.74, 6) is 0.0160. The molecule has 0 spiro atoms. The van der Waals surface area contributed by atoms with E-state index in [0.717, 1.165) is 5.33 Å². The van der Waals surface area contributed by atoms with Gasteiger partial charge in [0, 0.05) is 17.4 Å². The summed E-state index contributed by atoms with van der Waals surface area (Å²) in [5.41, 5.74) is 0.714. The number of phenolic OH excluding ortho intramolecular Hbond substituents is 1. The van der Waals surface area contributed by atoms with Crippen molar-refractivity contribution >= 4 is 21.8 Å². The first kappa shape index (κ1) is 14.4. The maximum atomic E-state index is 12.1. The van der Waals surface area contributed by atoms with Crippen molar-refractivity contribution in [3.8, 4) is 5.75 Å². The zero-order valence-corrected chi connectivity index (χ0v) is 12.6. The van der Waals surface area contributed by atoms with Gasteiger partial charge in [0.05, 0.1) is 0 Å². The Morgan fingerprint density at radius 1 is 1.32 bits per heavy atom. The topological polar surface area (TPSA) is 49.3 Å². The molecule has 4 heteroatoms. The fourth-order valence-electron chi connectivity index (χ4n) is 2.68. The molecule has 1 fully saturated rings. The van der Waals surface area contributed by atoms with Crippen LogP contribution in [0.2, 0.25) is 0 Å². The first-order valence-corrected chi connectivity index (χ1v) is 7.91. The lowest BCUT2D eigenvalue weighted by Crippen LogP contribution is -2.40. The van der Waals surface area contributed by atoms with Crippen molar-refractivity contribution in [1.29, 1.82) is 0 Å². The van der Waals surface area contributed by atoms with Crippen LogP contribution < -0.4 is 5.32 Å². The smallest absolute Gasteiger partial charge is 0.251 e. The van der Waals surface area contributed by atoms with Gasteiger partial charge < -0.3 is 10.4 Å². The minimum atomic E-state index is -0.109. The maximum absolute atomic E-state index is 12.1. The van der Waals surface area contributed by atoms with Crippen LogP contribution in [0.5, 0.6) is 5.75 Å². The lowest BCUT2D eigenvalue weighted by molar-refractivity contribution is 0.0921. The summed E-state index contributed by atoms with van der Waals surface area (Å²) in [5, 5.41) is 13.3. The molecule has 1 aromatic carbocycles. The first-order valence-electron chi connectivity index (χ1n) is 6.78. The molecule has 0 unspecified atom stereocenters. The summed E-state index contributed by atoms with van der Waals surface area (Å²) in [7, 11) is 0. The van der Waals surface area contributed by atoms with E-state index < -0.39 is 0 Å². The highest BCUT2D eigenvalue weighted by molar-refractivity contribution is 9.09. The molecule has 0 heterocycles. The van der Waals surface area contributed by atoms with E-state index in [9.17, 15) is 9.90 Å². The van der Waals surface area contributed by atoms with Crippen LogP contribution >= 0.6 is 15.9 Å². The average Bonchev–Trinajstić information content (AvgIpc) is 2.46. The monoisotopic (exact) mass is 325 g/mol.